The summed E-state index contributed by atoms with van der Waals surface area (Å²) in [7, 11) is 3.77. The zero-order chi connectivity index (χ0) is 24.5. The first-order valence-electron chi connectivity index (χ1n) is 12.0. The maximum absolute atomic E-state index is 13.2. The number of carbonyl (C=O) groups is 2. The minimum absolute atomic E-state index is 0.172. The average Bonchev–Trinajstić information content (AvgIpc) is 3.44. The number of amides is 2. The summed E-state index contributed by atoms with van der Waals surface area (Å²) in [5.41, 5.74) is 2.36. The molecule has 0 radical (unpaired) electrons. The van der Waals surface area contributed by atoms with E-state index >= 15 is 0 Å². The van der Waals surface area contributed by atoms with Gasteiger partial charge in [0, 0.05) is 66.1 Å². The first-order valence-corrected chi connectivity index (χ1v) is 13.1. The van der Waals surface area contributed by atoms with Crippen LogP contribution in [0.5, 0.6) is 0 Å². The number of hydrogen-bond acceptors (Lipinski definition) is 6. The van der Waals surface area contributed by atoms with Gasteiger partial charge in [-0.3, -0.25) is 9.59 Å². The van der Waals surface area contributed by atoms with Crippen molar-refractivity contribution in [3.05, 3.63) is 50.6 Å². The Bertz CT molecular complexity index is 1240. The Hall–Kier alpha value is -2.46. The molecule has 10 heteroatoms. The summed E-state index contributed by atoms with van der Waals surface area (Å²) < 4.78 is 5.38. The minimum atomic E-state index is -0.206. The predicted octanol–water partition coefficient (Wildman–Crippen LogP) is 3.61. The van der Waals surface area contributed by atoms with Crippen LogP contribution in [0.2, 0.25) is 5.02 Å². The molecule has 1 saturated carbocycles. The zero-order valence-electron chi connectivity index (χ0n) is 19.9. The Morgan fingerprint density at radius 1 is 1.23 bits per heavy atom. The van der Waals surface area contributed by atoms with Crippen LogP contribution >= 0.6 is 22.9 Å². The number of halogens is 1. The van der Waals surface area contributed by atoms with Gasteiger partial charge in [0.2, 0.25) is 0 Å². The molecule has 186 valence electrons. The fraction of sp³-hybridized carbons (Fsp3) is 0.480. The number of thiazole rings is 1. The van der Waals surface area contributed by atoms with Gasteiger partial charge in [-0.25, -0.2) is 4.98 Å². The Morgan fingerprint density at radius 2 is 2.06 bits per heavy atom. The fourth-order valence-electron chi connectivity index (χ4n) is 5.10. The SMILES string of the molecule is COC[C@H]1CC[C@@H](NC(=O)c2cc3cc(Cl)ccc3[nH]2)[C@@H](NC(=O)c2nc3c(s2)CN(C)CC3)C1. The molecule has 8 nitrogen and oxygen atoms in total. The molecular weight excluding hydrogens is 486 g/mol. The Morgan fingerprint density at radius 3 is 2.89 bits per heavy atom. The molecule has 1 aliphatic carbocycles. The van der Waals surface area contributed by atoms with Crippen LogP contribution in [0.1, 0.15) is 50.1 Å². The minimum Gasteiger partial charge on any atom is -0.384 e. The number of aromatic nitrogens is 2. The highest BCUT2D eigenvalue weighted by Crippen LogP contribution is 2.28. The molecule has 3 aromatic rings. The third-order valence-electron chi connectivity index (χ3n) is 6.94. The van der Waals surface area contributed by atoms with E-state index in [2.05, 4.69) is 32.5 Å². The molecule has 2 aliphatic rings. The van der Waals surface area contributed by atoms with E-state index < -0.39 is 0 Å². The molecule has 3 heterocycles. The second kappa shape index (κ2) is 10.3. The molecule has 2 amide bonds. The molecule has 3 atom stereocenters. The van der Waals surface area contributed by atoms with Crippen molar-refractivity contribution in [1.82, 2.24) is 25.5 Å². The van der Waals surface area contributed by atoms with E-state index in [1.807, 2.05) is 12.1 Å². The molecule has 5 rings (SSSR count). The largest absolute Gasteiger partial charge is 0.384 e. The van der Waals surface area contributed by atoms with Gasteiger partial charge in [0.1, 0.15) is 5.69 Å². The van der Waals surface area contributed by atoms with Gasteiger partial charge < -0.3 is 25.3 Å². The van der Waals surface area contributed by atoms with Gasteiger partial charge in [0.05, 0.1) is 5.69 Å². The van der Waals surface area contributed by atoms with Crippen LogP contribution < -0.4 is 10.6 Å². The first-order chi connectivity index (χ1) is 16.9. The van der Waals surface area contributed by atoms with Gasteiger partial charge in [0.15, 0.2) is 5.01 Å². The number of hydrogen-bond donors (Lipinski definition) is 3. The van der Waals surface area contributed by atoms with Crippen LogP contribution in [0.3, 0.4) is 0 Å². The number of aromatic amines is 1. The summed E-state index contributed by atoms with van der Waals surface area (Å²) in [4.78, 5) is 37.5. The van der Waals surface area contributed by atoms with E-state index in [1.165, 1.54) is 11.3 Å². The van der Waals surface area contributed by atoms with Crippen molar-refractivity contribution in [3.8, 4) is 0 Å². The normalized spacial score (nSPS) is 22.7. The maximum atomic E-state index is 13.2. The van der Waals surface area contributed by atoms with Crippen molar-refractivity contribution < 1.29 is 14.3 Å². The van der Waals surface area contributed by atoms with Crippen LogP contribution in [-0.2, 0) is 17.7 Å². The molecule has 2 aromatic heterocycles. The number of ether oxygens (including phenoxy) is 1. The number of methoxy groups -OCH3 is 1. The van der Waals surface area contributed by atoms with Crippen LogP contribution in [-0.4, -0.2) is 66.1 Å². The number of rotatable bonds is 6. The fourth-order valence-corrected chi connectivity index (χ4v) is 6.37. The summed E-state index contributed by atoms with van der Waals surface area (Å²) >= 11 is 7.56. The third-order valence-corrected chi connectivity index (χ3v) is 8.25. The van der Waals surface area contributed by atoms with Crippen LogP contribution in [0.15, 0.2) is 24.3 Å². The van der Waals surface area contributed by atoms with Gasteiger partial charge in [-0.2, -0.15) is 0 Å². The highest BCUT2D eigenvalue weighted by Gasteiger charge is 2.34. The molecule has 35 heavy (non-hydrogen) atoms. The van der Waals surface area contributed by atoms with Crippen molar-refractivity contribution >= 4 is 45.7 Å². The Labute approximate surface area is 213 Å². The van der Waals surface area contributed by atoms with Crippen molar-refractivity contribution in [2.24, 2.45) is 5.92 Å². The van der Waals surface area contributed by atoms with E-state index in [0.717, 1.165) is 60.2 Å². The second-order valence-electron chi connectivity index (χ2n) is 9.59. The first kappa shape index (κ1) is 24.2. The summed E-state index contributed by atoms with van der Waals surface area (Å²) in [6, 6.07) is 6.89. The standard InChI is InChI=1S/C25H30ClN5O3S/c1-31-8-7-19-22(12-31)35-25(30-19)24(33)29-20-9-14(13-34-2)3-5-18(20)28-23(32)21-11-15-10-16(26)4-6-17(15)27-21/h4,6,10-11,14,18,20,27H,3,5,7-9,12-13H2,1-2H3,(H,28,32)(H,29,33)/t14-,18+,20-/m0/s1. The van der Waals surface area contributed by atoms with Crippen molar-refractivity contribution in [3.63, 3.8) is 0 Å². The number of nitrogens with one attached hydrogen (secondary N) is 3. The number of benzene rings is 1. The van der Waals surface area contributed by atoms with Gasteiger partial charge in [-0.1, -0.05) is 11.6 Å². The molecule has 0 spiro atoms. The van der Waals surface area contributed by atoms with Gasteiger partial charge in [-0.15, -0.1) is 11.3 Å². The quantitative estimate of drug-likeness (QED) is 0.466. The lowest BCUT2D eigenvalue weighted by atomic mass is 9.82. The number of H-pyrrole nitrogens is 1. The number of nitrogens with zero attached hydrogens (tertiary/aromatic N) is 2. The second-order valence-corrected chi connectivity index (χ2v) is 11.1. The van der Waals surface area contributed by atoms with Crippen LogP contribution in [0, 0.1) is 5.92 Å². The van der Waals surface area contributed by atoms with Crippen molar-refractivity contribution in [2.45, 2.75) is 44.3 Å². The third kappa shape index (κ3) is 5.38. The smallest absolute Gasteiger partial charge is 0.280 e. The van der Waals surface area contributed by atoms with E-state index in [1.54, 1.807) is 19.2 Å². The Balaban J connectivity index is 1.31. The lowest BCUT2D eigenvalue weighted by Crippen LogP contribution is -2.55. The van der Waals surface area contributed by atoms with E-state index in [9.17, 15) is 9.59 Å². The van der Waals surface area contributed by atoms with E-state index in [-0.39, 0.29) is 23.9 Å². The molecular formula is C25H30ClN5O3S. The van der Waals surface area contributed by atoms with Gasteiger partial charge >= 0.3 is 0 Å². The highest BCUT2D eigenvalue weighted by atomic mass is 35.5. The molecule has 0 saturated heterocycles. The number of carbonyl (C=O) groups excluding carboxylic acids is 2. The molecule has 1 aliphatic heterocycles. The van der Waals surface area contributed by atoms with Crippen LogP contribution in [0.25, 0.3) is 10.9 Å². The van der Waals surface area contributed by atoms with E-state index in [0.29, 0.717) is 28.2 Å². The summed E-state index contributed by atoms with van der Waals surface area (Å²) in [6.07, 6.45) is 3.28. The van der Waals surface area contributed by atoms with Crippen molar-refractivity contribution in [2.75, 3.05) is 27.3 Å². The summed E-state index contributed by atoms with van der Waals surface area (Å²) in [5.74, 6) is -0.0408. The summed E-state index contributed by atoms with van der Waals surface area (Å²) in [5, 5.41) is 8.34. The van der Waals surface area contributed by atoms with Crippen LogP contribution in [0.4, 0.5) is 0 Å². The lowest BCUT2D eigenvalue weighted by molar-refractivity contribution is 0.0778. The average molecular weight is 516 g/mol. The van der Waals surface area contributed by atoms with Gasteiger partial charge in [0.25, 0.3) is 11.8 Å². The highest BCUT2D eigenvalue weighted by molar-refractivity contribution is 7.13. The van der Waals surface area contributed by atoms with E-state index in [4.69, 9.17) is 16.3 Å². The molecule has 0 unspecified atom stereocenters. The zero-order valence-corrected chi connectivity index (χ0v) is 21.5. The monoisotopic (exact) mass is 515 g/mol. The Kier molecular flexibility index (Phi) is 7.11. The molecule has 3 N–H and O–H groups in total. The maximum Gasteiger partial charge on any atom is 0.280 e. The predicted molar refractivity (Wildman–Crippen MR) is 137 cm³/mol. The van der Waals surface area contributed by atoms with Crippen molar-refractivity contribution in [1.29, 1.82) is 0 Å². The molecule has 1 fully saturated rings. The summed E-state index contributed by atoms with van der Waals surface area (Å²) in [6.45, 7) is 2.41. The number of fused-ring (bicyclic) bond motifs is 2. The molecule has 1 aromatic carbocycles. The topological polar surface area (TPSA) is 99.3 Å². The molecule has 0 bridgehead atoms. The van der Waals surface area contributed by atoms with Gasteiger partial charge in [-0.05, 0) is 56.5 Å². The lowest BCUT2D eigenvalue weighted by Gasteiger charge is -2.36. The number of likely N-dealkylation sites (N-methyl/N-ethyl adjacent to an activating group) is 1.